The first-order valence-electron chi connectivity index (χ1n) is 9.48. The molecule has 0 unspecified atom stereocenters. The second-order valence-electron chi connectivity index (χ2n) is 6.65. The molecule has 1 aliphatic heterocycles. The summed E-state index contributed by atoms with van der Waals surface area (Å²) in [6.07, 6.45) is 3.76. The number of carbonyl (C=O) groups is 2. The zero-order valence-corrected chi connectivity index (χ0v) is 18.4. The lowest BCUT2D eigenvalue weighted by Gasteiger charge is -2.26. The van der Waals surface area contributed by atoms with E-state index in [1.54, 1.807) is 17.4 Å². The SMILES string of the molecule is O=C(/C=C/c1ccc(Br)s1)NCc1cccc(NC(=O)CCN2CCOCC2)c1. The minimum absolute atomic E-state index is 0.0114. The molecule has 2 aromatic rings. The van der Waals surface area contributed by atoms with Crippen molar-refractivity contribution in [1.29, 1.82) is 0 Å². The number of nitrogens with zero attached hydrogens (tertiary/aromatic N) is 1. The predicted octanol–water partition coefficient (Wildman–Crippen LogP) is 3.50. The number of ether oxygens (including phenoxy) is 1. The Bertz CT molecular complexity index is 862. The Morgan fingerprint density at radius 3 is 2.79 bits per heavy atom. The number of benzene rings is 1. The summed E-state index contributed by atoms with van der Waals surface area (Å²) >= 11 is 4.97. The third-order valence-electron chi connectivity index (χ3n) is 4.43. The maximum Gasteiger partial charge on any atom is 0.244 e. The third kappa shape index (κ3) is 7.74. The summed E-state index contributed by atoms with van der Waals surface area (Å²) in [6, 6.07) is 11.4. The van der Waals surface area contributed by atoms with E-state index in [1.807, 2.05) is 36.4 Å². The van der Waals surface area contributed by atoms with E-state index in [-0.39, 0.29) is 11.8 Å². The maximum atomic E-state index is 12.2. The van der Waals surface area contributed by atoms with E-state index in [4.69, 9.17) is 4.74 Å². The van der Waals surface area contributed by atoms with Crippen LogP contribution in [0.5, 0.6) is 0 Å². The minimum Gasteiger partial charge on any atom is -0.379 e. The van der Waals surface area contributed by atoms with Gasteiger partial charge >= 0.3 is 0 Å². The molecule has 0 saturated carbocycles. The fourth-order valence-corrected chi connectivity index (χ4v) is 4.22. The zero-order chi connectivity index (χ0) is 20.5. The maximum absolute atomic E-state index is 12.2. The van der Waals surface area contributed by atoms with E-state index in [0.29, 0.717) is 13.0 Å². The first-order chi connectivity index (χ1) is 14.1. The van der Waals surface area contributed by atoms with Gasteiger partial charge in [-0.1, -0.05) is 12.1 Å². The highest BCUT2D eigenvalue weighted by Gasteiger charge is 2.12. The molecule has 1 aromatic heterocycles. The molecule has 0 atom stereocenters. The molecule has 29 heavy (non-hydrogen) atoms. The molecular formula is C21H24BrN3O3S. The van der Waals surface area contributed by atoms with Gasteiger partial charge in [-0.2, -0.15) is 0 Å². The molecule has 6 nitrogen and oxygen atoms in total. The Kier molecular flexibility index (Phi) is 8.42. The van der Waals surface area contributed by atoms with Crippen LogP contribution in [0.4, 0.5) is 5.69 Å². The number of anilines is 1. The highest BCUT2D eigenvalue weighted by Crippen LogP contribution is 2.22. The molecule has 1 saturated heterocycles. The van der Waals surface area contributed by atoms with Crippen molar-refractivity contribution in [2.45, 2.75) is 13.0 Å². The fraction of sp³-hybridized carbons (Fsp3) is 0.333. The smallest absolute Gasteiger partial charge is 0.244 e. The quantitative estimate of drug-likeness (QED) is 0.570. The van der Waals surface area contributed by atoms with Crippen molar-refractivity contribution in [3.63, 3.8) is 0 Å². The summed E-state index contributed by atoms with van der Waals surface area (Å²) in [4.78, 5) is 27.5. The number of nitrogens with one attached hydrogen (secondary N) is 2. The van der Waals surface area contributed by atoms with Gasteiger partial charge < -0.3 is 15.4 Å². The zero-order valence-electron chi connectivity index (χ0n) is 16.0. The van der Waals surface area contributed by atoms with E-state index < -0.39 is 0 Å². The summed E-state index contributed by atoms with van der Waals surface area (Å²) in [5.74, 6) is -0.169. The van der Waals surface area contributed by atoms with Crippen molar-refractivity contribution in [3.8, 4) is 0 Å². The van der Waals surface area contributed by atoms with Crippen molar-refractivity contribution in [1.82, 2.24) is 10.2 Å². The molecule has 2 heterocycles. The molecule has 0 radical (unpaired) electrons. The molecule has 2 amide bonds. The first kappa shape index (κ1) is 21.7. The minimum atomic E-state index is -0.158. The van der Waals surface area contributed by atoms with Gasteiger partial charge in [-0.05, 0) is 51.8 Å². The Morgan fingerprint density at radius 2 is 2.03 bits per heavy atom. The van der Waals surface area contributed by atoms with Crippen LogP contribution < -0.4 is 10.6 Å². The molecule has 1 aliphatic rings. The Labute approximate surface area is 183 Å². The van der Waals surface area contributed by atoms with E-state index in [0.717, 1.165) is 52.8 Å². The van der Waals surface area contributed by atoms with Crippen LogP contribution in [0.2, 0.25) is 0 Å². The Morgan fingerprint density at radius 1 is 1.21 bits per heavy atom. The van der Waals surface area contributed by atoms with Gasteiger partial charge in [-0.3, -0.25) is 14.5 Å². The summed E-state index contributed by atoms with van der Waals surface area (Å²) < 4.78 is 6.35. The Hall–Kier alpha value is -2.00. The van der Waals surface area contributed by atoms with Crippen molar-refractivity contribution < 1.29 is 14.3 Å². The topological polar surface area (TPSA) is 70.7 Å². The van der Waals surface area contributed by atoms with Crippen molar-refractivity contribution in [3.05, 3.63) is 56.7 Å². The van der Waals surface area contributed by atoms with Gasteiger partial charge in [0.1, 0.15) is 0 Å². The van der Waals surface area contributed by atoms with Crippen LogP contribution in [0.25, 0.3) is 6.08 Å². The predicted molar refractivity (Wildman–Crippen MR) is 120 cm³/mol. The Balaban J connectivity index is 1.43. The third-order valence-corrected chi connectivity index (χ3v) is 6.02. The number of hydrogen-bond donors (Lipinski definition) is 2. The second-order valence-corrected chi connectivity index (χ2v) is 9.14. The fourth-order valence-electron chi connectivity index (χ4n) is 2.89. The number of halogens is 1. The summed E-state index contributed by atoms with van der Waals surface area (Å²) in [6.45, 7) is 4.35. The van der Waals surface area contributed by atoms with E-state index >= 15 is 0 Å². The van der Waals surface area contributed by atoms with E-state index in [9.17, 15) is 9.59 Å². The van der Waals surface area contributed by atoms with Crippen molar-refractivity contribution >= 4 is 50.8 Å². The monoisotopic (exact) mass is 477 g/mol. The molecule has 0 spiro atoms. The highest BCUT2D eigenvalue weighted by atomic mass is 79.9. The number of morpholine rings is 1. The lowest BCUT2D eigenvalue weighted by molar-refractivity contribution is -0.117. The van der Waals surface area contributed by atoms with Gasteiger partial charge in [-0.25, -0.2) is 0 Å². The normalized spacial score (nSPS) is 14.8. The molecule has 1 aromatic carbocycles. The number of hydrogen-bond acceptors (Lipinski definition) is 5. The van der Waals surface area contributed by atoms with Gasteiger partial charge in [0.05, 0.1) is 17.0 Å². The van der Waals surface area contributed by atoms with Crippen molar-refractivity contribution in [2.75, 3.05) is 38.2 Å². The van der Waals surface area contributed by atoms with E-state index in [1.165, 1.54) is 6.08 Å². The largest absolute Gasteiger partial charge is 0.379 e. The summed E-state index contributed by atoms with van der Waals surface area (Å²) in [5, 5.41) is 5.79. The van der Waals surface area contributed by atoms with Crippen LogP contribution in [0.3, 0.4) is 0 Å². The first-order valence-corrected chi connectivity index (χ1v) is 11.1. The average molecular weight is 478 g/mol. The number of thiophene rings is 1. The standard InChI is InChI=1S/C21H24BrN3O3S/c22-19-6-4-18(29-19)5-7-20(26)23-15-16-2-1-3-17(14-16)24-21(27)8-9-25-10-12-28-13-11-25/h1-7,14H,8-13,15H2,(H,23,26)(H,24,27)/b7-5+. The van der Waals surface area contributed by atoms with E-state index in [2.05, 4.69) is 31.5 Å². The highest BCUT2D eigenvalue weighted by molar-refractivity contribution is 9.11. The van der Waals surface area contributed by atoms with Crippen LogP contribution in [0.15, 0.2) is 46.3 Å². The molecule has 0 aliphatic carbocycles. The average Bonchev–Trinajstić information content (AvgIpc) is 3.15. The lowest BCUT2D eigenvalue weighted by Crippen LogP contribution is -2.38. The van der Waals surface area contributed by atoms with Crippen molar-refractivity contribution in [2.24, 2.45) is 0 Å². The van der Waals surface area contributed by atoms with Gasteiger partial charge in [0.2, 0.25) is 11.8 Å². The summed E-state index contributed by atoms with van der Waals surface area (Å²) in [5.41, 5.74) is 1.67. The number of carbonyl (C=O) groups excluding carboxylic acids is 2. The van der Waals surface area contributed by atoms with Crippen LogP contribution in [0.1, 0.15) is 16.9 Å². The molecule has 2 N–H and O–H groups in total. The van der Waals surface area contributed by atoms with Crippen LogP contribution in [-0.2, 0) is 20.9 Å². The molecule has 3 rings (SSSR count). The number of rotatable bonds is 8. The number of amides is 2. The van der Waals surface area contributed by atoms with Gasteiger partial charge in [0.25, 0.3) is 0 Å². The molecule has 154 valence electrons. The van der Waals surface area contributed by atoms with Gasteiger partial charge in [-0.15, -0.1) is 11.3 Å². The second kappa shape index (κ2) is 11.3. The van der Waals surface area contributed by atoms with Crippen LogP contribution in [-0.4, -0.2) is 49.6 Å². The lowest BCUT2D eigenvalue weighted by atomic mass is 10.2. The van der Waals surface area contributed by atoms with Crippen LogP contribution >= 0.6 is 27.3 Å². The van der Waals surface area contributed by atoms with Crippen LogP contribution in [0, 0.1) is 0 Å². The summed E-state index contributed by atoms with van der Waals surface area (Å²) in [7, 11) is 0. The molecule has 8 heteroatoms. The molecular weight excluding hydrogens is 454 g/mol. The molecule has 0 bridgehead atoms. The van der Waals surface area contributed by atoms with Gasteiger partial charge in [0.15, 0.2) is 0 Å². The van der Waals surface area contributed by atoms with Gasteiger partial charge in [0, 0.05) is 49.2 Å². The molecule has 1 fully saturated rings.